The average molecular weight is 174 g/mol. The van der Waals surface area contributed by atoms with Crippen LogP contribution in [-0.2, 0) is 9.47 Å². The van der Waals surface area contributed by atoms with E-state index in [9.17, 15) is 4.79 Å². The highest BCUT2D eigenvalue weighted by Gasteiger charge is 2.11. The molecule has 0 aromatic heterocycles. The molecule has 0 aromatic rings. The van der Waals surface area contributed by atoms with Crippen molar-refractivity contribution in [1.82, 2.24) is 0 Å². The van der Waals surface area contributed by atoms with Gasteiger partial charge in [0.25, 0.3) is 0 Å². The Balaban J connectivity index is 3.59. The number of carbonyl (C=O) groups is 1. The van der Waals surface area contributed by atoms with Crippen molar-refractivity contribution < 1.29 is 14.3 Å². The number of hydrogen-bond donors (Lipinski definition) is 0. The zero-order chi connectivity index (χ0) is 9.56. The molecular formula is C9H18O3. The molecule has 0 spiro atoms. The maximum absolute atomic E-state index is 10.9. The molecule has 0 saturated heterocycles. The van der Waals surface area contributed by atoms with Gasteiger partial charge in [0.05, 0.1) is 0 Å². The highest BCUT2D eigenvalue weighted by molar-refractivity contribution is 5.60. The molecule has 0 heterocycles. The zero-order valence-electron chi connectivity index (χ0n) is 8.29. The summed E-state index contributed by atoms with van der Waals surface area (Å²) in [6.45, 7) is 7.61. The van der Waals surface area contributed by atoms with Gasteiger partial charge < -0.3 is 9.47 Å². The molecule has 0 aliphatic rings. The molecular weight excluding hydrogens is 156 g/mol. The van der Waals surface area contributed by atoms with Crippen molar-refractivity contribution >= 4 is 6.16 Å². The Morgan fingerprint density at radius 3 is 1.67 bits per heavy atom. The molecule has 0 radical (unpaired) electrons. The predicted molar refractivity (Wildman–Crippen MR) is 47.1 cm³/mol. The first-order valence-corrected chi connectivity index (χ1v) is 4.47. The van der Waals surface area contributed by atoms with Crippen molar-refractivity contribution in [2.75, 3.05) is 0 Å². The Bertz CT molecular complexity index is 120. The van der Waals surface area contributed by atoms with E-state index in [2.05, 4.69) is 0 Å². The van der Waals surface area contributed by atoms with Gasteiger partial charge in [-0.3, -0.25) is 0 Å². The largest absolute Gasteiger partial charge is 0.508 e. The van der Waals surface area contributed by atoms with Gasteiger partial charge in [0.1, 0.15) is 12.2 Å². The van der Waals surface area contributed by atoms with Crippen LogP contribution in [0.15, 0.2) is 0 Å². The lowest BCUT2D eigenvalue weighted by molar-refractivity contribution is 0.00599. The second-order valence-corrected chi connectivity index (χ2v) is 2.92. The Kier molecular flexibility index (Phi) is 5.51. The lowest BCUT2D eigenvalue weighted by Crippen LogP contribution is -2.19. The number of ether oxygens (including phenoxy) is 2. The van der Waals surface area contributed by atoms with Gasteiger partial charge >= 0.3 is 6.16 Å². The Hall–Kier alpha value is -0.730. The maximum atomic E-state index is 10.9. The van der Waals surface area contributed by atoms with Crippen LogP contribution in [0.2, 0.25) is 0 Å². The van der Waals surface area contributed by atoms with E-state index < -0.39 is 6.16 Å². The summed E-state index contributed by atoms with van der Waals surface area (Å²) in [6, 6.07) is 0. The van der Waals surface area contributed by atoms with Gasteiger partial charge in [-0.05, 0) is 26.7 Å². The third-order valence-electron chi connectivity index (χ3n) is 1.74. The van der Waals surface area contributed by atoms with Gasteiger partial charge in [-0.25, -0.2) is 4.79 Å². The van der Waals surface area contributed by atoms with Gasteiger partial charge in [0.15, 0.2) is 0 Å². The molecule has 0 amide bonds. The van der Waals surface area contributed by atoms with Crippen LogP contribution in [0.4, 0.5) is 4.79 Å². The van der Waals surface area contributed by atoms with Crippen LogP contribution in [0, 0.1) is 0 Å². The van der Waals surface area contributed by atoms with E-state index in [1.165, 1.54) is 0 Å². The van der Waals surface area contributed by atoms with E-state index in [0.717, 1.165) is 12.8 Å². The Morgan fingerprint density at radius 2 is 1.42 bits per heavy atom. The lowest BCUT2D eigenvalue weighted by Gasteiger charge is -2.14. The third-order valence-corrected chi connectivity index (χ3v) is 1.74. The predicted octanol–water partition coefficient (Wildman–Crippen LogP) is 2.74. The number of hydrogen-bond acceptors (Lipinski definition) is 3. The lowest BCUT2D eigenvalue weighted by atomic mass is 10.3. The molecule has 0 unspecified atom stereocenters. The van der Waals surface area contributed by atoms with Crippen molar-refractivity contribution in [3.05, 3.63) is 0 Å². The molecule has 0 aromatic carbocycles. The van der Waals surface area contributed by atoms with Crippen molar-refractivity contribution in [2.45, 2.75) is 52.7 Å². The van der Waals surface area contributed by atoms with Crippen molar-refractivity contribution in [3.63, 3.8) is 0 Å². The molecule has 0 aliphatic heterocycles. The monoisotopic (exact) mass is 174 g/mol. The first-order chi connectivity index (χ1) is 5.60. The molecule has 3 heteroatoms. The number of rotatable bonds is 4. The topological polar surface area (TPSA) is 35.5 Å². The maximum Gasteiger partial charge on any atom is 0.508 e. The Morgan fingerprint density at radius 1 is 1.08 bits per heavy atom. The summed E-state index contributed by atoms with van der Waals surface area (Å²) in [5.41, 5.74) is 0. The summed E-state index contributed by atoms with van der Waals surface area (Å²) in [7, 11) is 0. The molecule has 0 N–H and O–H groups in total. The molecule has 3 nitrogen and oxygen atoms in total. The summed E-state index contributed by atoms with van der Waals surface area (Å²) in [5.74, 6) is 0. The molecule has 2 atom stereocenters. The first-order valence-electron chi connectivity index (χ1n) is 4.47. The summed E-state index contributed by atoms with van der Waals surface area (Å²) >= 11 is 0. The van der Waals surface area contributed by atoms with Crippen LogP contribution in [0.25, 0.3) is 0 Å². The Labute approximate surface area is 74.0 Å². The molecule has 0 bridgehead atoms. The smallest absolute Gasteiger partial charge is 0.431 e. The standard InChI is InChI=1S/C9H18O3/c1-5-7(3)11-9(10)12-8(4)6-2/h7-8H,5-6H2,1-4H3/t7-,8+. The highest BCUT2D eigenvalue weighted by atomic mass is 16.7. The summed E-state index contributed by atoms with van der Waals surface area (Å²) < 4.78 is 9.82. The van der Waals surface area contributed by atoms with Gasteiger partial charge in [-0.15, -0.1) is 0 Å². The van der Waals surface area contributed by atoms with Crippen LogP contribution in [0.1, 0.15) is 40.5 Å². The van der Waals surface area contributed by atoms with Crippen molar-refractivity contribution in [1.29, 1.82) is 0 Å². The molecule has 0 rings (SSSR count). The minimum Gasteiger partial charge on any atom is -0.431 e. The SMILES string of the molecule is CC[C@@H](C)OC(=O)O[C@@H](C)CC. The molecule has 12 heavy (non-hydrogen) atoms. The van der Waals surface area contributed by atoms with Gasteiger partial charge in [-0.1, -0.05) is 13.8 Å². The fourth-order valence-electron chi connectivity index (χ4n) is 0.523. The van der Waals surface area contributed by atoms with E-state index in [1.54, 1.807) is 0 Å². The van der Waals surface area contributed by atoms with Crippen LogP contribution >= 0.6 is 0 Å². The summed E-state index contributed by atoms with van der Waals surface area (Å²) in [4.78, 5) is 10.9. The van der Waals surface area contributed by atoms with E-state index in [1.807, 2.05) is 27.7 Å². The molecule has 72 valence electrons. The van der Waals surface area contributed by atoms with E-state index in [-0.39, 0.29) is 12.2 Å². The highest BCUT2D eigenvalue weighted by Crippen LogP contribution is 2.02. The molecule has 0 saturated carbocycles. The van der Waals surface area contributed by atoms with Crippen LogP contribution in [0.3, 0.4) is 0 Å². The van der Waals surface area contributed by atoms with E-state index >= 15 is 0 Å². The van der Waals surface area contributed by atoms with Crippen LogP contribution in [-0.4, -0.2) is 18.4 Å². The van der Waals surface area contributed by atoms with Crippen molar-refractivity contribution in [2.24, 2.45) is 0 Å². The fourth-order valence-corrected chi connectivity index (χ4v) is 0.523. The van der Waals surface area contributed by atoms with Crippen LogP contribution in [0.5, 0.6) is 0 Å². The van der Waals surface area contributed by atoms with Gasteiger partial charge in [0.2, 0.25) is 0 Å². The minimum atomic E-state index is -0.557. The van der Waals surface area contributed by atoms with Gasteiger partial charge in [-0.2, -0.15) is 0 Å². The first kappa shape index (κ1) is 11.3. The average Bonchev–Trinajstić information content (AvgIpc) is 2.03. The van der Waals surface area contributed by atoms with E-state index in [0.29, 0.717) is 0 Å². The van der Waals surface area contributed by atoms with Gasteiger partial charge in [0, 0.05) is 0 Å². The molecule has 0 fully saturated rings. The second kappa shape index (κ2) is 5.86. The summed E-state index contributed by atoms with van der Waals surface area (Å²) in [6.07, 6.45) is 0.965. The normalized spacial score (nSPS) is 15.0. The number of carbonyl (C=O) groups excluding carboxylic acids is 1. The third kappa shape index (κ3) is 4.99. The van der Waals surface area contributed by atoms with E-state index in [4.69, 9.17) is 9.47 Å². The fraction of sp³-hybridized carbons (Fsp3) is 0.889. The van der Waals surface area contributed by atoms with Crippen LogP contribution < -0.4 is 0 Å². The quantitative estimate of drug-likeness (QED) is 0.615. The van der Waals surface area contributed by atoms with Crippen molar-refractivity contribution in [3.8, 4) is 0 Å². The zero-order valence-corrected chi connectivity index (χ0v) is 8.29. The minimum absolute atomic E-state index is 0.0541. The summed E-state index contributed by atoms with van der Waals surface area (Å²) in [5, 5.41) is 0. The second-order valence-electron chi connectivity index (χ2n) is 2.92. The molecule has 0 aliphatic carbocycles.